The van der Waals surface area contributed by atoms with Crippen molar-refractivity contribution in [3.63, 3.8) is 0 Å². The molecular formula is C24H22F6N4O4. The Balaban J connectivity index is 1.90. The zero-order valence-electron chi connectivity index (χ0n) is 19.8. The highest BCUT2D eigenvalue weighted by Crippen LogP contribution is 2.34. The van der Waals surface area contributed by atoms with E-state index in [0.717, 1.165) is 0 Å². The number of hydrogen-bond acceptors (Lipinski definition) is 6. The van der Waals surface area contributed by atoms with Crippen molar-refractivity contribution in [3.05, 3.63) is 63.7 Å². The standard InChI is InChI=1S/C24H22F6N4O4/c1-2-17(24(28,29)30)31-22(38)14-7-34(19-15(26)5-12(25)6-16(19)27)21-13(20(14)37)3-4-18(32-21)33-8-23(9-33,10-35)11-36/h3-7,17,35-36H,2,8-11H2,1H3,(H,31,38). The van der Waals surface area contributed by atoms with Gasteiger partial charge in [0.25, 0.3) is 5.91 Å². The molecule has 3 N–H and O–H groups in total. The normalized spacial score (nSPS) is 15.9. The van der Waals surface area contributed by atoms with Crippen molar-refractivity contribution in [1.82, 2.24) is 14.9 Å². The molecule has 0 aliphatic carbocycles. The van der Waals surface area contributed by atoms with Crippen LogP contribution in [0.5, 0.6) is 0 Å². The van der Waals surface area contributed by atoms with E-state index in [4.69, 9.17) is 0 Å². The van der Waals surface area contributed by atoms with Gasteiger partial charge in [0, 0.05) is 31.4 Å². The Morgan fingerprint density at radius 1 is 1.13 bits per heavy atom. The van der Waals surface area contributed by atoms with Crippen LogP contribution < -0.4 is 15.6 Å². The molecule has 3 aromatic rings. The number of aliphatic hydroxyl groups is 2. The molecule has 1 fully saturated rings. The molecule has 38 heavy (non-hydrogen) atoms. The summed E-state index contributed by atoms with van der Waals surface area (Å²) in [5.74, 6) is -5.33. The molecule has 1 unspecified atom stereocenters. The van der Waals surface area contributed by atoms with E-state index in [0.29, 0.717) is 22.9 Å². The maximum atomic E-state index is 14.8. The first-order valence-corrected chi connectivity index (χ1v) is 11.4. The van der Waals surface area contributed by atoms with Crippen LogP contribution in [0.25, 0.3) is 16.7 Å². The maximum absolute atomic E-state index is 14.8. The number of anilines is 1. The minimum absolute atomic E-state index is 0.165. The molecule has 14 heteroatoms. The van der Waals surface area contributed by atoms with Crippen LogP contribution >= 0.6 is 0 Å². The monoisotopic (exact) mass is 544 g/mol. The summed E-state index contributed by atoms with van der Waals surface area (Å²) in [7, 11) is 0. The molecule has 4 rings (SSSR count). The maximum Gasteiger partial charge on any atom is 0.408 e. The smallest absolute Gasteiger partial charge is 0.396 e. The first kappa shape index (κ1) is 27.4. The van der Waals surface area contributed by atoms with Gasteiger partial charge in [0.15, 0.2) is 17.3 Å². The lowest BCUT2D eigenvalue weighted by Crippen LogP contribution is -2.60. The molecule has 0 spiro atoms. The van der Waals surface area contributed by atoms with Crippen LogP contribution in [0.4, 0.5) is 32.2 Å². The second-order valence-corrected chi connectivity index (χ2v) is 9.15. The second-order valence-electron chi connectivity index (χ2n) is 9.15. The van der Waals surface area contributed by atoms with E-state index in [1.54, 1.807) is 10.2 Å². The number of aliphatic hydroxyl groups excluding tert-OH is 2. The van der Waals surface area contributed by atoms with E-state index in [2.05, 4.69) is 4.98 Å². The third-order valence-electron chi connectivity index (χ3n) is 6.46. The summed E-state index contributed by atoms with van der Waals surface area (Å²) in [6.07, 6.45) is -4.70. The van der Waals surface area contributed by atoms with Crippen molar-refractivity contribution in [2.75, 3.05) is 31.2 Å². The molecule has 1 aliphatic rings. The van der Waals surface area contributed by atoms with E-state index < -0.39 is 64.1 Å². The molecule has 8 nitrogen and oxygen atoms in total. The van der Waals surface area contributed by atoms with Crippen LogP contribution in [-0.4, -0.2) is 64.2 Å². The molecule has 1 saturated heterocycles. The number of hydrogen-bond donors (Lipinski definition) is 3. The van der Waals surface area contributed by atoms with Crippen molar-refractivity contribution in [2.24, 2.45) is 5.41 Å². The Labute approximate surface area is 211 Å². The van der Waals surface area contributed by atoms with E-state index in [1.807, 2.05) is 0 Å². The van der Waals surface area contributed by atoms with Gasteiger partial charge in [-0.15, -0.1) is 0 Å². The number of alkyl halides is 3. The molecule has 3 heterocycles. The molecule has 204 valence electrons. The number of fused-ring (bicyclic) bond motifs is 1. The number of pyridine rings is 2. The summed E-state index contributed by atoms with van der Waals surface area (Å²) >= 11 is 0. The van der Waals surface area contributed by atoms with E-state index >= 15 is 0 Å². The number of amides is 1. The molecular weight excluding hydrogens is 522 g/mol. The first-order valence-electron chi connectivity index (χ1n) is 11.4. The van der Waals surface area contributed by atoms with Crippen molar-refractivity contribution < 1.29 is 41.4 Å². The van der Waals surface area contributed by atoms with Gasteiger partial charge in [-0.05, 0) is 18.6 Å². The van der Waals surface area contributed by atoms with Crippen LogP contribution in [0.3, 0.4) is 0 Å². The highest BCUT2D eigenvalue weighted by atomic mass is 19.4. The van der Waals surface area contributed by atoms with Crippen molar-refractivity contribution in [3.8, 4) is 5.69 Å². The van der Waals surface area contributed by atoms with Gasteiger partial charge in [-0.25, -0.2) is 18.2 Å². The quantitative estimate of drug-likeness (QED) is 0.395. The summed E-state index contributed by atoms with van der Waals surface area (Å²) in [5.41, 5.74) is -3.97. The summed E-state index contributed by atoms with van der Waals surface area (Å²) in [4.78, 5) is 31.8. The lowest BCUT2D eigenvalue weighted by Gasteiger charge is -2.48. The molecule has 1 atom stereocenters. The van der Waals surface area contributed by atoms with Gasteiger partial charge < -0.3 is 20.4 Å². The number of benzene rings is 1. The fourth-order valence-electron chi connectivity index (χ4n) is 4.29. The second kappa shape index (κ2) is 9.91. The third-order valence-corrected chi connectivity index (χ3v) is 6.46. The number of carbonyl (C=O) groups excluding carboxylic acids is 1. The molecule has 1 amide bonds. The van der Waals surface area contributed by atoms with Gasteiger partial charge in [-0.1, -0.05) is 6.92 Å². The minimum Gasteiger partial charge on any atom is -0.396 e. The number of carbonyl (C=O) groups is 1. The van der Waals surface area contributed by atoms with Gasteiger partial charge in [-0.3, -0.25) is 14.2 Å². The zero-order chi connectivity index (χ0) is 28.0. The average Bonchev–Trinajstić information content (AvgIpc) is 2.82. The molecule has 0 radical (unpaired) electrons. The van der Waals surface area contributed by atoms with Crippen LogP contribution in [0.2, 0.25) is 0 Å². The van der Waals surface area contributed by atoms with Crippen LogP contribution in [0.1, 0.15) is 23.7 Å². The van der Waals surface area contributed by atoms with Gasteiger partial charge in [0.05, 0.1) is 24.0 Å². The summed E-state index contributed by atoms with van der Waals surface area (Å²) in [6.45, 7) is 0.861. The first-order chi connectivity index (χ1) is 17.8. The number of nitrogens with one attached hydrogen (secondary N) is 1. The average molecular weight is 544 g/mol. The topological polar surface area (TPSA) is 108 Å². The number of nitrogens with zero attached hydrogens (tertiary/aromatic N) is 3. The third kappa shape index (κ3) is 4.80. The largest absolute Gasteiger partial charge is 0.408 e. The Kier molecular flexibility index (Phi) is 7.14. The van der Waals surface area contributed by atoms with Crippen molar-refractivity contribution in [2.45, 2.75) is 25.6 Å². The number of rotatable bonds is 7. The Morgan fingerprint density at radius 2 is 1.74 bits per heavy atom. The fraction of sp³-hybridized carbons (Fsp3) is 0.375. The zero-order valence-corrected chi connectivity index (χ0v) is 19.8. The molecule has 1 aromatic carbocycles. The summed E-state index contributed by atoms with van der Waals surface area (Å²) in [6, 6.07) is 0.953. The van der Waals surface area contributed by atoms with Gasteiger partial charge >= 0.3 is 6.18 Å². The molecule has 1 aliphatic heterocycles. The number of aromatic nitrogens is 2. The van der Waals surface area contributed by atoms with Crippen molar-refractivity contribution >= 4 is 22.8 Å². The Bertz CT molecular complexity index is 1420. The predicted octanol–water partition coefficient (Wildman–Crippen LogP) is 2.66. The van der Waals surface area contributed by atoms with E-state index in [9.17, 15) is 46.1 Å². The Morgan fingerprint density at radius 3 is 2.26 bits per heavy atom. The minimum atomic E-state index is -4.82. The van der Waals surface area contributed by atoms with Gasteiger partial charge in [0.1, 0.15) is 28.9 Å². The summed E-state index contributed by atoms with van der Waals surface area (Å²) in [5, 5.41) is 20.4. The van der Waals surface area contributed by atoms with Crippen molar-refractivity contribution in [1.29, 1.82) is 0 Å². The van der Waals surface area contributed by atoms with Crippen LogP contribution in [-0.2, 0) is 0 Å². The Hall–Kier alpha value is -3.65. The SMILES string of the molecule is CCC(NC(=O)c1cn(-c2c(F)cc(F)cc2F)c2nc(N3CC(CO)(CO)C3)ccc2c1=O)C(F)(F)F. The van der Waals surface area contributed by atoms with E-state index in [-0.39, 0.29) is 43.2 Å². The van der Waals surface area contributed by atoms with E-state index in [1.165, 1.54) is 19.1 Å². The van der Waals surface area contributed by atoms with Gasteiger partial charge in [0.2, 0.25) is 5.43 Å². The molecule has 0 saturated carbocycles. The molecule has 0 bridgehead atoms. The lowest BCUT2D eigenvalue weighted by atomic mass is 9.81. The van der Waals surface area contributed by atoms with Crippen LogP contribution in [0, 0.1) is 22.9 Å². The number of halogens is 6. The summed E-state index contributed by atoms with van der Waals surface area (Å²) < 4.78 is 83.5. The predicted molar refractivity (Wildman–Crippen MR) is 124 cm³/mol. The highest BCUT2D eigenvalue weighted by Gasteiger charge is 2.43. The van der Waals surface area contributed by atoms with Gasteiger partial charge in [-0.2, -0.15) is 13.2 Å². The molecule has 2 aromatic heterocycles. The lowest BCUT2D eigenvalue weighted by molar-refractivity contribution is -0.153. The highest BCUT2D eigenvalue weighted by molar-refractivity contribution is 5.97. The fourth-order valence-corrected chi connectivity index (χ4v) is 4.29. The van der Waals surface area contributed by atoms with Crippen LogP contribution in [0.15, 0.2) is 35.3 Å².